The Labute approximate surface area is 127 Å². The summed E-state index contributed by atoms with van der Waals surface area (Å²) in [5.41, 5.74) is 1.22. The van der Waals surface area contributed by atoms with Crippen molar-refractivity contribution in [1.82, 2.24) is 4.98 Å². The fraction of sp³-hybridized carbons (Fsp3) is 0.188. The third-order valence-corrected chi connectivity index (χ3v) is 2.96. The number of ether oxygens (including phenoxy) is 2. The van der Waals surface area contributed by atoms with Crippen molar-refractivity contribution in [2.24, 2.45) is 0 Å². The van der Waals surface area contributed by atoms with E-state index in [0.717, 1.165) is 0 Å². The van der Waals surface area contributed by atoms with Crippen LogP contribution in [-0.4, -0.2) is 35.6 Å². The van der Waals surface area contributed by atoms with Crippen LogP contribution in [0.4, 0.5) is 0 Å². The smallest absolute Gasteiger partial charge is 0.379 e. The fourth-order valence-corrected chi connectivity index (χ4v) is 1.95. The zero-order valence-corrected chi connectivity index (χ0v) is 12.2. The first-order valence-electron chi connectivity index (χ1n) is 6.60. The Morgan fingerprint density at radius 3 is 2.68 bits per heavy atom. The molecule has 1 N–H and O–H groups in total. The number of phenols is 1. The number of hydrogen-bond acceptors (Lipinski definition) is 6. The lowest BCUT2D eigenvalue weighted by molar-refractivity contribution is -0.137. The Balaban J connectivity index is 2.43. The van der Waals surface area contributed by atoms with Gasteiger partial charge in [-0.3, -0.25) is 9.78 Å². The first-order chi connectivity index (χ1) is 10.6. The maximum absolute atomic E-state index is 11.9. The number of carbonyl (C=O) groups excluding carboxylic acids is 2. The zero-order chi connectivity index (χ0) is 16.1. The second kappa shape index (κ2) is 6.71. The van der Waals surface area contributed by atoms with E-state index in [0.29, 0.717) is 16.9 Å². The summed E-state index contributed by atoms with van der Waals surface area (Å²) in [5, 5.41) is 9.61. The third-order valence-electron chi connectivity index (χ3n) is 2.96. The predicted molar refractivity (Wildman–Crippen MR) is 78.9 cm³/mol. The molecular weight excluding hydrogens is 286 g/mol. The molecule has 6 heteroatoms. The number of ketones is 1. The molecule has 1 aromatic carbocycles. The van der Waals surface area contributed by atoms with E-state index in [1.54, 1.807) is 13.0 Å². The van der Waals surface area contributed by atoms with Gasteiger partial charge in [-0.15, -0.1) is 0 Å². The SMILES string of the molecule is CCOC(=O)C(=O)c1cncc(-c2cc(O)ccc2OC)c1. The van der Waals surface area contributed by atoms with Crippen LogP contribution < -0.4 is 4.74 Å². The molecule has 0 unspecified atom stereocenters. The highest BCUT2D eigenvalue weighted by molar-refractivity contribution is 6.40. The van der Waals surface area contributed by atoms with Crippen LogP contribution in [0, 0.1) is 0 Å². The number of Topliss-reactive ketones (excluding diaryl/α,β-unsaturated/α-hetero) is 1. The Morgan fingerprint density at radius 2 is 2.00 bits per heavy atom. The number of esters is 1. The molecule has 0 aliphatic heterocycles. The molecule has 1 aromatic heterocycles. The van der Waals surface area contributed by atoms with E-state index in [2.05, 4.69) is 9.72 Å². The lowest BCUT2D eigenvalue weighted by atomic mass is 10.0. The Hall–Kier alpha value is -2.89. The van der Waals surface area contributed by atoms with Gasteiger partial charge in [0.05, 0.1) is 13.7 Å². The van der Waals surface area contributed by atoms with E-state index in [1.807, 2.05) is 0 Å². The number of benzene rings is 1. The first kappa shape index (κ1) is 15.5. The lowest BCUT2D eigenvalue weighted by Crippen LogP contribution is -2.17. The average Bonchev–Trinajstić information content (AvgIpc) is 2.54. The molecule has 1 heterocycles. The number of aromatic hydroxyl groups is 1. The van der Waals surface area contributed by atoms with E-state index in [-0.39, 0.29) is 17.9 Å². The largest absolute Gasteiger partial charge is 0.508 e. The Morgan fingerprint density at radius 1 is 1.23 bits per heavy atom. The first-order valence-corrected chi connectivity index (χ1v) is 6.60. The standard InChI is InChI=1S/C16H15NO5/c1-3-22-16(20)15(19)11-6-10(8-17-9-11)13-7-12(18)4-5-14(13)21-2/h4-9,18H,3H2,1-2H3. The van der Waals surface area contributed by atoms with Gasteiger partial charge in [-0.05, 0) is 31.2 Å². The number of rotatable bonds is 5. The molecule has 0 saturated carbocycles. The summed E-state index contributed by atoms with van der Waals surface area (Å²) in [6, 6.07) is 6.09. The number of pyridine rings is 1. The minimum absolute atomic E-state index is 0.0536. The molecule has 0 spiro atoms. The molecule has 2 rings (SSSR count). The van der Waals surface area contributed by atoms with Crippen LogP contribution in [0.15, 0.2) is 36.7 Å². The van der Waals surface area contributed by atoms with Gasteiger partial charge in [0, 0.05) is 29.1 Å². The molecule has 0 radical (unpaired) electrons. The highest BCUT2D eigenvalue weighted by atomic mass is 16.5. The van der Waals surface area contributed by atoms with Crippen molar-refractivity contribution in [1.29, 1.82) is 0 Å². The summed E-state index contributed by atoms with van der Waals surface area (Å²) >= 11 is 0. The summed E-state index contributed by atoms with van der Waals surface area (Å²) < 4.78 is 9.91. The number of hydrogen-bond donors (Lipinski definition) is 1. The number of carbonyl (C=O) groups is 2. The van der Waals surface area contributed by atoms with Crippen LogP contribution in [0.25, 0.3) is 11.1 Å². The van der Waals surface area contributed by atoms with Gasteiger partial charge in [0.1, 0.15) is 11.5 Å². The molecular formula is C16H15NO5. The second-order valence-electron chi connectivity index (χ2n) is 4.40. The van der Waals surface area contributed by atoms with Crippen molar-refractivity contribution < 1.29 is 24.2 Å². The molecule has 0 amide bonds. The van der Waals surface area contributed by atoms with Crippen LogP contribution in [0.3, 0.4) is 0 Å². The van der Waals surface area contributed by atoms with Crippen LogP contribution in [0.5, 0.6) is 11.5 Å². The molecule has 114 valence electrons. The maximum Gasteiger partial charge on any atom is 0.379 e. The van der Waals surface area contributed by atoms with Crippen molar-refractivity contribution in [3.8, 4) is 22.6 Å². The van der Waals surface area contributed by atoms with Crippen LogP contribution in [0.2, 0.25) is 0 Å². The molecule has 0 atom stereocenters. The van der Waals surface area contributed by atoms with E-state index in [1.165, 1.54) is 37.7 Å². The summed E-state index contributed by atoms with van der Waals surface area (Å²) in [4.78, 5) is 27.4. The molecule has 22 heavy (non-hydrogen) atoms. The average molecular weight is 301 g/mol. The van der Waals surface area contributed by atoms with Gasteiger partial charge in [-0.25, -0.2) is 4.79 Å². The van der Waals surface area contributed by atoms with Gasteiger partial charge in [-0.1, -0.05) is 0 Å². The molecule has 2 aromatic rings. The number of methoxy groups -OCH3 is 1. The van der Waals surface area contributed by atoms with Gasteiger partial charge >= 0.3 is 5.97 Å². The zero-order valence-electron chi connectivity index (χ0n) is 12.2. The molecule has 0 aliphatic rings. The van der Waals surface area contributed by atoms with Crippen LogP contribution >= 0.6 is 0 Å². The molecule has 0 fully saturated rings. The Bertz CT molecular complexity index is 711. The van der Waals surface area contributed by atoms with Crippen LogP contribution in [0.1, 0.15) is 17.3 Å². The second-order valence-corrected chi connectivity index (χ2v) is 4.40. The molecule has 0 bridgehead atoms. The molecule has 0 aliphatic carbocycles. The van der Waals surface area contributed by atoms with E-state index < -0.39 is 11.8 Å². The van der Waals surface area contributed by atoms with E-state index in [9.17, 15) is 14.7 Å². The van der Waals surface area contributed by atoms with Crippen molar-refractivity contribution in [3.05, 3.63) is 42.2 Å². The van der Waals surface area contributed by atoms with Crippen molar-refractivity contribution in [2.75, 3.05) is 13.7 Å². The Kier molecular flexibility index (Phi) is 4.73. The van der Waals surface area contributed by atoms with E-state index in [4.69, 9.17) is 4.74 Å². The number of nitrogens with zero attached hydrogens (tertiary/aromatic N) is 1. The van der Waals surface area contributed by atoms with Gasteiger partial charge in [0.15, 0.2) is 0 Å². The third kappa shape index (κ3) is 3.22. The van der Waals surface area contributed by atoms with Gasteiger partial charge < -0.3 is 14.6 Å². The predicted octanol–water partition coefficient (Wildman–Crippen LogP) is 2.21. The van der Waals surface area contributed by atoms with Gasteiger partial charge in [0.25, 0.3) is 5.78 Å². The maximum atomic E-state index is 11.9. The normalized spacial score (nSPS) is 10.1. The monoisotopic (exact) mass is 301 g/mol. The quantitative estimate of drug-likeness (QED) is 0.517. The summed E-state index contributed by atoms with van der Waals surface area (Å²) in [5.74, 6) is -1.13. The highest BCUT2D eigenvalue weighted by Gasteiger charge is 2.19. The van der Waals surface area contributed by atoms with Crippen LogP contribution in [-0.2, 0) is 9.53 Å². The van der Waals surface area contributed by atoms with Gasteiger partial charge in [0.2, 0.25) is 0 Å². The summed E-state index contributed by atoms with van der Waals surface area (Å²) in [7, 11) is 1.50. The topological polar surface area (TPSA) is 85.7 Å². The molecule has 0 saturated heterocycles. The number of aromatic nitrogens is 1. The van der Waals surface area contributed by atoms with Crippen molar-refractivity contribution in [2.45, 2.75) is 6.92 Å². The lowest BCUT2D eigenvalue weighted by Gasteiger charge is -2.09. The van der Waals surface area contributed by atoms with Crippen molar-refractivity contribution >= 4 is 11.8 Å². The van der Waals surface area contributed by atoms with Gasteiger partial charge in [-0.2, -0.15) is 0 Å². The molecule has 6 nitrogen and oxygen atoms in total. The number of phenolic OH excluding ortho intramolecular Hbond substituents is 1. The highest BCUT2D eigenvalue weighted by Crippen LogP contribution is 2.32. The van der Waals surface area contributed by atoms with Crippen molar-refractivity contribution in [3.63, 3.8) is 0 Å². The van der Waals surface area contributed by atoms with E-state index >= 15 is 0 Å². The summed E-state index contributed by atoms with van der Waals surface area (Å²) in [6.45, 7) is 1.75. The fourth-order valence-electron chi connectivity index (χ4n) is 1.95. The minimum Gasteiger partial charge on any atom is -0.508 e. The summed E-state index contributed by atoms with van der Waals surface area (Å²) in [6.07, 6.45) is 2.80. The minimum atomic E-state index is -0.927.